The van der Waals surface area contributed by atoms with E-state index in [4.69, 9.17) is 0 Å². The molecule has 0 N–H and O–H groups in total. The van der Waals surface area contributed by atoms with Crippen LogP contribution >= 0.6 is 0 Å². The normalized spacial score (nSPS) is 41.1. The molecular weight excluding hydrogens is 186 g/mol. The summed E-state index contributed by atoms with van der Waals surface area (Å²) in [7, 11) is 0. The number of nitrogens with zero attached hydrogens (tertiary/aromatic N) is 1. The molecule has 15 heavy (non-hydrogen) atoms. The van der Waals surface area contributed by atoms with Gasteiger partial charge in [0.05, 0.1) is 0 Å². The van der Waals surface area contributed by atoms with E-state index in [0.717, 1.165) is 24.3 Å². The largest absolute Gasteiger partial charge is 0.340 e. The Labute approximate surface area is 93.0 Å². The molecule has 1 heterocycles. The van der Waals surface area contributed by atoms with Gasteiger partial charge in [0, 0.05) is 19.5 Å². The molecule has 4 atom stereocenters. The Kier molecular flexibility index (Phi) is 3.03. The highest BCUT2D eigenvalue weighted by atomic mass is 16.2. The van der Waals surface area contributed by atoms with Gasteiger partial charge in [-0.1, -0.05) is 19.8 Å². The SMILES string of the molecule is CC(=O)N1CCC2C(CCC[C@@H]2C)[C@H]1C. The maximum Gasteiger partial charge on any atom is 0.219 e. The minimum absolute atomic E-state index is 0.263. The van der Waals surface area contributed by atoms with Crippen LogP contribution in [0.1, 0.15) is 46.5 Å². The lowest BCUT2D eigenvalue weighted by Gasteiger charge is -2.48. The first-order valence-corrected chi connectivity index (χ1v) is 6.38. The zero-order valence-corrected chi connectivity index (χ0v) is 10.2. The number of rotatable bonds is 0. The maximum absolute atomic E-state index is 11.5. The lowest BCUT2D eigenvalue weighted by atomic mass is 9.66. The predicted octanol–water partition coefficient (Wildman–Crippen LogP) is 2.68. The number of piperidine rings is 1. The molecule has 1 aliphatic heterocycles. The second kappa shape index (κ2) is 4.15. The molecule has 1 saturated carbocycles. The molecule has 86 valence electrons. The average Bonchev–Trinajstić information content (AvgIpc) is 2.19. The summed E-state index contributed by atoms with van der Waals surface area (Å²) in [4.78, 5) is 13.6. The van der Waals surface area contributed by atoms with E-state index < -0.39 is 0 Å². The first-order valence-electron chi connectivity index (χ1n) is 6.38. The van der Waals surface area contributed by atoms with Crippen molar-refractivity contribution in [3.63, 3.8) is 0 Å². The smallest absolute Gasteiger partial charge is 0.219 e. The Morgan fingerprint density at radius 2 is 1.87 bits per heavy atom. The third-order valence-electron chi connectivity index (χ3n) is 4.70. The van der Waals surface area contributed by atoms with Crippen molar-refractivity contribution in [3.8, 4) is 0 Å². The van der Waals surface area contributed by atoms with Gasteiger partial charge in [-0.2, -0.15) is 0 Å². The number of amides is 1. The minimum Gasteiger partial charge on any atom is -0.340 e. The third kappa shape index (κ3) is 1.91. The van der Waals surface area contributed by atoms with Crippen molar-refractivity contribution < 1.29 is 4.79 Å². The van der Waals surface area contributed by atoms with Gasteiger partial charge in [-0.25, -0.2) is 0 Å². The molecule has 0 aromatic heterocycles. The molecule has 0 bridgehead atoms. The van der Waals surface area contributed by atoms with Gasteiger partial charge in [0.2, 0.25) is 5.91 Å². The monoisotopic (exact) mass is 209 g/mol. The standard InChI is InChI=1S/C13H23NO/c1-9-5-4-6-13-10(2)14(11(3)15)8-7-12(9)13/h9-10,12-13H,4-8H2,1-3H3/t9-,10+,12?,13?/m0/s1. The van der Waals surface area contributed by atoms with E-state index in [0.29, 0.717) is 6.04 Å². The number of carbonyl (C=O) groups excluding carboxylic acids is 1. The summed E-state index contributed by atoms with van der Waals surface area (Å²) in [6, 6.07) is 0.476. The van der Waals surface area contributed by atoms with Gasteiger partial charge in [-0.05, 0) is 37.5 Å². The first kappa shape index (κ1) is 11.0. The summed E-state index contributed by atoms with van der Waals surface area (Å²) >= 11 is 0. The van der Waals surface area contributed by atoms with Crippen LogP contribution in [0.25, 0.3) is 0 Å². The van der Waals surface area contributed by atoms with Crippen LogP contribution in [0.4, 0.5) is 0 Å². The van der Waals surface area contributed by atoms with Crippen LogP contribution in [0.5, 0.6) is 0 Å². The second-order valence-electron chi connectivity index (χ2n) is 5.48. The zero-order valence-electron chi connectivity index (χ0n) is 10.2. The Balaban J connectivity index is 2.10. The van der Waals surface area contributed by atoms with Crippen molar-refractivity contribution >= 4 is 5.91 Å². The highest BCUT2D eigenvalue weighted by Crippen LogP contribution is 2.42. The van der Waals surface area contributed by atoms with Crippen LogP contribution in [0.2, 0.25) is 0 Å². The minimum atomic E-state index is 0.263. The molecule has 0 spiro atoms. The van der Waals surface area contributed by atoms with Crippen molar-refractivity contribution in [2.75, 3.05) is 6.54 Å². The molecule has 1 aliphatic carbocycles. The van der Waals surface area contributed by atoms with Gasteiger partial charge in [-0.3, -0.25) is 4.79 Å². The van der Waals surface area contributed by atoms with Gasteiger partial charge in [0.1, 0.15) is 0 Å². The number of carbonyl (C=O) groups is 1. The molecule has 2 aliphatic rings. The number of hydrogen-bond donors (Lipinski definition) is 0. The van der Waals surface area contributed by atoms with Gasteiger partial charge >= 0.3 is 0 Å². The van der Waals surface area contributed by atoms with Crippen molar-refractivity contribution in [1.82, 2.24) is 4.90 Å². The summed E-state index contributed by atoms with van der Waals surface area (Å²) in [5.74, 6) is 2.79. The second-order valence-corrected chi connectivity index (χ2v) is 5.48. The summed E-state index contributed by atoms with van der Waals surface area (Å²) < 4.78 is 0. The fourth-order valence-corrected chi connectivity index (χ4v) is 3.79. The van der Waals surface area contributed by atoms with Crippen LogP contribution in [0.15, 0.2) is 0 Å². The lowest BCUT2D eigenvalue weighted by Crippen LogP contribution is -2.51. The molecule has 2 unspecified atom stereocenters. The van der Waals surface area contributed by atoms with E-state index in [1.165, 1.54) is 25.7 Å². The summed E-state index contributed by atoms with van der Waals surface area (Å²) in [5, 5.41) is 0. The van der Waals surface area contributed by atoms with Crippen LogP contribution in [0.3, 0.4) is 0 Å². The van der Waals surface area contributed by atoms with Crippen molar-refractivity contribution in [2.45, 2.75) is 52.5 Å². The highest BCUT2D eigenvalue weighted by Gasteiger charge is 2.40. The van der Waals surface area contributed by atoms with Gasteiger partial charge in [0.25, 0.3) is 0 Å². The Morgan fingerprint density at radius 1 is 1.13 bits per heavy atom. The van der Waals surface area contributed by atoms with E-state index >= 15 is 0 Å². The van der Waals surface area contributed by atoms with E-state index in [-0.39, 0.29) is 5.91 Å². The van der Waals surface area contributed by atoms with Gasteiger partial charge < -0.3 is 4.90 Å². The molecule has 0 radical (unpaired) electrons. The Hall–Kier alpha value is -0.530. The molecule has 2 nitrogen and oxygen atoms in total. The number of hydrogen-bond acceptors (Lipinski definition) is 1. The molecule has 1 amide bonds. The highest BCUT2D eigenvalue weighted by molar-refractivity contribution is 5.73. The van der Waals surface area contributed by atoms with Crippen LogP contribution in [-0.4, -0.2) is 23.4 Å². The fourth-order valence-electron chi connectivity index (χ4n) is 3.79. The van der Waals surface area contributed by atoms with Gasteiger partial charge in [-0.15, -0.1) is 0 Å². The lowest BCUT2D eigenvalue weighted by molar-refractivity contribution is -0.136. The van der Waals surface area contributed by atoms with Gasteiger partial charge in [0.15, 0.2) is 0 Å². The predicted molar refractivity (Wildman–Crippen MR) is 61.5 cm³/mol. The van der Waals surface area contributed by atoms with Crippen molar-refractivity contribution in [2.24, 2.45) is 17.8 Å². The zero-order chi connectivity index (χ0) is 11.0. The molecule has 0 aromatic carbocycles. The molecule has 2 fully saturated rings. The molecule has 2 heteroatoms. The molecule has 0 aromatic rings. The third-order valence-corrected chi connectivity index (χ3v) is 4.70. The fraction of sp³-hybridized carbons (Fsp3) is 0.923. The number of likely N-dealkylation sites (tertiary alicyclic amines) is 1. The first-order chi connectivity index (χ1) is 7.11. The van der Waals surface area contributed by atoms with Crippen molar-refractivity contribution in [3.05, 3.63) is 0 Å². The molecule has 2 rings (SSSR count). The van der Waals surface area contributed by atoms with Crippen LogP contribution < -0.4 is 0 Å². The Morgan fingerprint density at radius 3 is 2.53 bits per heavy atom. The van der Waals surface area contributed by atoms with E-state index in [2.05, 4.69) is 18.7 Å². The molecule has 1 saturated heterocycles. The van der Waals surface area contributed by atoms with Crippen molar-refractivity contribution in [1.29, 1.82) is 0 Å². The maximum atomic E-state index is 11.5. The topological polar surface area (TPSA) is 20.3 Å². The molecular formula is C13H23NO. The van der Waals surface area contributed by atoms with E-state index in [1.54, 1.807) is 6.92 Å². The average molecular weight is 209 g/mol. The number of fused-ring (bicyclic) bond motifs is 1. The van der Waals surface area contributed by atoms with E-state index in [1.807, 2.05) is 0 Å². The van der Waals surface area contributed by atoms with E-state index in [9.17, 15) is 4.79 Å². The quantitative estimate of drug-likeness (QED) is 0.600. The van der Waals surface area contributed by atoms with Crippen LogP contribution in [0, 0.1) is 17.8 Å². The van der Waals surface area contributed by atoms with Crippen LogP contribution in [-0.2, 0) is 4.79 Å². The summed E-state index contributed by atoms with van der Waals surface area (Å²) in [6.45, 7) is 7.34. The Bertz CT molecular complexity index is 251. The summed E-state index contributed by atoms with van der Waals surface area (Å²) in [5.41, 5.74) is 0. The summed E-state index contributed by atoms with van der Waals surface area (Å²) in [6.07, 6.45) is 5.32.